The molecule has 2 rings (SSSR count). The predicted octanol–water partition coefficient (Wildman–Crippen LogP) is 1.02. The first-order chi connectivity index (χ1) is 8.67. The van der Waals surface area contributed by atoms with Crippen molar-refractivity contribution in [3.63, 3.8) is 0 Å². The van der Waals surface area contributed by atoms with Crippen LogP contribution >= 0.6 is 0 Å². The normalized spacial score (nSPS) is 18.4. The summed E-state index contributed by atoms with van der Waals surface area (Å²) in [5.41, 5.74) is 6.64. The minimum absolute atomic E-state index is 0.329. The summed E-state index contributed by atoms with van der Waals surface area (Å²) in [5.74, 6) is 0.318. The number of rotatable bonds is 3. The predicted molar refractivity (Wildman–Crippen MR) is 67.3 cm³/mol. The van der Waals surface area contributed by atoms with E-state index in [1.807, 2.05) is 4.90 Å². The Morgan fingerprint density at radius 3 is 3.00 bits per heavy atom. The fourth-order valence-electron chi connectivity index (χ4n) is 2.32. The molecule has 5 nitrogen and oxygen atoms in total. The number of benzene rings is 1. The minimum atomic E-state index is -0.348. The lowest BCUT2D eigenvalue weighted by Crippen LogP contribution is -2.40. The average molecular weight is 245 g/mol. The lowest BCUT2D eigenvalue weighted by atomic mass is 10.1. The molecule has 1 heterocycles. The van der Waals surface area contributed by atoms with Crippen LogP contribution in [0.3, 0.4) is 0 Å². The van der Waals surface area contributed by atoms with Gasteiger partial charge >= 0.3 is 0 Å². The number of hydrogen-bond acceptors (Lipinski definition) is 4. The van der Waals surface area contributed by atoms with E-state index in [0.717, 1.165) is 25.1 Å². The van der Waals surface area contributed by atoms with Gasteiger partial charge in [-0.05, 0) is 25.0 Å². The summed E-state index contributed by atoms with van der Waals surface area (Å²) in [5, 5.41) is 9.13. The maximum atomic E-state index is 11.4. The third kappa shape index (κ3) is 2.09. The van der Waals surface area contributed by atoms with Crippen LogP contribution in [-0.4, -0.2) is 25.6 Å². The number of nitrogens with two attached hydrogens (primary N) is 1. The molecule has 1 atom stereocenters. The lowest BCUT2D eigenvalue weighted by molar-refractivity contribution is -0.119. The summed E-state index contributed by atoms with van der Waals surface area (Å²) in [6, 6.07) is 7.01. The molecule has 0 aromatic heterocycles. The maximum absolute atomic E-state index is 11.4. The third-order valence-corrected chi connectivity index (χ3v) is 3.22. The van der Waals surface area contributed by atoms with E-state index in [-0.39, 0.29) is 11.9 Å². The fraction of sp³-hybridized carbons (Fsp3) is 0.385. The summed E-state index contributed by atoms with van der Waals surface area (Å²) in [6.07, 6.45) is 1.63. The van der Waals surface area contributed by atoms with Crippen LogP contribution in [-0.2, 0) is 4.79 Å². The Bertz CT molecular complexity index is 507. The van der Waals surface area contributed by atoms with Gasteiger partial charge in [-0.2, -0.15) is 5.26 Å². The number of nitrogens with zero attached hydrogens (tertiary/aromatic N) is 2. The van der Waals surface area contributed by atoms with Gasteiger partial charge in [0.25, 0.3) is 0 Å². The molecule has 1 saturated heterocycles. The Hall–Kier alpha value is -2.22. The van der Waals surface area contributed by atoms with Gasteiger partial charge in [0.05, 0.1) is 18.4 Å². The average Bonchev–Trinajstić information content (AvgIpc) is 2.87. The monoisotopic (exact) mass is 245 g/mol. The van der Waals surface area contributed by atoms with Crippen molar-refractivity contribution in [3.05, 3.63) is 23.8 Å². The van der Waals surface area contributed by atoms with E-state index in [9.17, 15) is 4.79 Å². The Kier molecular flexibility index (Phi) is 3.38. The van der Waals surface area contributed by atoms with Crippen molar-refractivity contribution in [3.8, 4) is 11.8 Å². The van der Waals surface area contributed by atoms with Crippen molar-refractivity contribution in [1.82, 2.24) is 0 Å². The van der Waals surface area contributed by atoms with E-state index in [0.29, 0.717) is 11.3 Å². The van der Waals surface area contributed by atoms with Gasteiger partial charge in [-0.3, -0.25) is 4.79 Å². The van der Waals surface area contributed by atoms with Gasteiger partial charge in [0, 0.05) is 12.6 Å². The molecule has 1 aromatic carbocycles. The lowest BCUT2D eigenvalue weighted by Gasteiger charge is -2.25. The van der Waals surface area contributed by atoms with Crippen molar-refractivity contribution in [2.45, 2.75) is 18.9 Å². The number of hydrogen-bond donors (Lipinski definition) is 1. The second kappa shape index (κ2) is 4.96. The Balaban J connectivity index is 2.42. The van der Waals surface area contributed by atoms with Crippen LogP contribution in [0.25, 0.3) is 0 Å². The number of carbonyl (C=O) groups is 1. The Morgan fingerprint density at radius 2 is 2.39 bits per heavy atom. The molecule has 94 valence electrons. The molecule has 0 aliphatic carbocycles. The van der Waals surface area contributed by atoms with Crippen LogP contribution in [0.1, 0.15) is 18.4 Å². The first-order valence-corrected chi connectivity index (χ1v) is 5.81. The minimum Gasteiger partial charge on any atom is -0.497 e. The largest absolute Gasteiger partial charge is 0.497 e. The number of carbonyl (C=O) groups excluding carboxylic acids is 1. The van der Waals surface area contributed by atoms with Gasteiger partial charge < -0.3 is 15.4 Å². The van der Waals surface area contributed by atoms with Gasteiger partial charge in [0.2, 0.25) is 5.91 Å². The van der Waals surface area contributed by atoms with E-state index in [2.05, 4.69) is 6.07 Å². The topological polar surface area (TPSA) is 79.3 Å². The second-order valence-corrected chi connectivity index (χ2v) is 4.25. The maximum Gasteiger partial charge on any atom is 0.240 e. The van der Waals surface area contributed by atoms with Crippen LogP contribution in [0.4, 0.5) is 5.69 Å². The summed E-state index contributed by atoms with van der Waals surface area (Å²) in [4.78, 5) is 13.3. The van der Waals surface area contributed by atoms with Crippen molar-refractivity contribution < 1.29 is 9.53 Å². The van der Waals surface area contributed by atoms with E-state index < -0.39 is 0 Å². The van der Waals surface area contributed by atoms with Gasteiger partial charge in [-0.1, -0.05) is 0 Å². The summed E-state index contributed by atoms with van der Waals surface area (Å²) >= 11 is 0. The van der Waals surface area contributed by atoms with Crippen LogP contribution < -0.4 is 15.4 Å². The second-order valence-electron chi connectivity index (χ2n) is 4.25. The summed E-state index contributed by atoms with van der Waals surface area (Å²) < 4.78 is 5.16. The fourth-order valence-corrected chi connectivity index (χ4v) is 2.32. The summed E-state index contributed by atoms with van der Waals surface area (Å²) in [6.45, 7) is 0.732. The molecule has 0 spiro atoms. The molecule has 1 aliphatic rings. The zero-order chi connectivity index (χ0) is 13.1. The first kappa shape index (κ1) is 12.2. The van der Waals surface area contributed by atoms with Gasteiger partial charge in [0.15, 0.2) is 0 Å². The van der Waals surface area contributed by atoms with E-state index >= 15 is 0 Å². The van der Waals surface area contributed by atoms with Crippen molar-refractivity contribution in [2.24, 2.45) is 5.73 Å². The Labute approximate surface area is 106 Å². The van der Waals surface area contributed by atoms with E-state index in [1.165, 1.54) is 0 Å². The highest BCUT2D eigenvalue weighted by atomic mass is 16.5. The molecule has 1 aliphatic heterocycles. The van der Waals surface area contributed by atoms with Crippen LogP contribution in [0, 0.1) is 11.3 Å². The molecule has 1 amide bonds. The van der Waals surface area contributed by atoms with Crippen molar-refractivity contribution >= 4 is 11.6 Å². The van der Waals surface area contributed by atoms with E-state index in [4.69, 9.17) is 15.7 Å². The molecule has 1 aromatic rings. The van der Waals surface area contributed by atoms with Crippen molar-refractivity contribution in [1.29, 1.82) is 5.26 Å². The molecule has 0 radical (unpaired) electrons. The van der Waals surface area contributed by atoms with Gasteiger partial charge in [0.1, 0.15) is 17.9 Å². The molecular weight excluding hydrogens is 230 g/mol. The van der Waals surface area contributed by atoms with Crippen molar-refractivity contribution in [2.75, 3.05) is 18.6 Å². The molecule has 2 N–H and O–H groups in total. The van der Waals surface area contributed by atoms with Crippen LogP contribution in [0.15, 0.2) is 18.2 Å². The number of methoxy groups -OCH3 is 1. The SMILES string of the molecule is COc1ccc(C#N)c(N2CCCC2C(N)=O)c1. The highest BCUT2D eigenvalue weighted by Crippen LogP contribution is 2.31. The zero-order valence-corrected chi connectivity index (χ0v) is 10.2. The zero-order valence-electron chi connectivity index (χ0n) is 10.2. The molecule has 18 heavy (non-hydrogen) atoms. The van der Waals surface area contributed by atoms with Gasteiger partial charge in [-0.15, -0.1) is 0 Å². The quantitative estimate of drug-likeness (QED) is 0.862. The third-order valence-electron chi connectivity index (χ3n) is 3.22. The molecular formula is C13H15N3O2. The highest BCUT2D eigenvalue weighted by molar-refractivity contribution is 5.85. The van der Waals surface area contributed by atoms with Crippen LogP contribution in [0.5, 0.6) is 5.75 Å². The standard InChI is InChI=1S/C13H15N3O2/c1-18-10-5-4-9(8-14)12(7-10)16-6-2-3-11(16)13(15)17/h4-5,7,11H,2-3,6H2,1H3,(H2,15,17). The van der Waals surface area contributed by atoms with Crippen LogP contribution in [0.2, 0.25) is 0 Å². The number of nitriles is 1. The smallest absolute Gasteiger partial charge is 0.240 e. The first-order valence-electron chi connectivity index (χ1n) is 5.81. The number of ether oxygens (including phenoxy) is 1. The number of amides is 1. The highest BCUT2D eigenvalue weighted by Gasteiger charge is 2.30. The van der Waals surface area contributed by atoms with E-state index in [1.54, 1.807) is 25.3 Å². The Morgan fingerprint density at radius 1 is 1.61 bits per heavy atom. The molecule has 0 bridgehead atoms. The molecule has 5 heteroatoms. The summed E-state index contributed by atoms with van der Waals surface area (Å²) in [7, 11) is 1.57. The number of anilines is 1. The molecule has 0 saturated carbocycles. The number of primary amides is 1. The molecule has 1 fully saturated rings. The van der Waals surface area contributed by atoms with Gasteiger partial charge in [-0.25, -0.2) is 0 Å². The molecule has 1 unspecified atom stereocenters.